The first kappa shape index (κ1) is 15.2. The van der Waals surface area contributed by atoms with Gasteiger partial charge < -0.3 is 5.32 Å². The van der Waals surface area contributed by atoms with E-state index in [0.717, 1.165) is 17.4 Å². The molecule has 3 rings (SSSR count). The topological polar surface area (TPSA) is 67.8 Å². The van der Waals surface area contributed by atoms with E-state index in [-0.39, 0.29) is 27.0 Å². The highest BCUT2D eigenvalue weighted by atomic mass is 32.2. The third-order valence-electron chi connectivity index (χ3n) is 2.43. The number of rotatable bonds is 4. The molecular weight excluding hydrogens is 357 g/mol. The van der Waals surface area contributed by atoms with E-state index in [2.05, 4.69) is 20.5 Å². The first-order chi connectivity index (χ1) is 10.5. The number of hydrogen-bond donors (Lipinski definition) is 1. The summed E-state index contributed by atoms with van der Waals surface area (Å²) in [5.74, 6) is -4.56. The molecule has 0 aliphatic carbocycles. The Balaban J connectivity index is 1.74. The van der Waals surface area contributed by atoms with Gasteiger partial charge in [-0.3, -0.25) is 4.79 Å². The van der Waals surface area contributed by atoms with Crippen molar-refractivity contribution < 1.29 is 18.0 Å². The summed E-state index contributed by atoms with van der Waals surface area (Å²) >= 11 is 3.34. The molecule has 22 heavy (non-hydrogen) atoms. The molecule has 114 valence electrons. The van der Waals surface area contributed by atoms with Gasteiger partial charge in [-0.25, -0.2) is 18.2 Å². The van der Waals surface area contributed by atoms with E-state index in [0.29, 0.717) is 4.34 Å². The molecule has 2 heterocycles. The average Bonchev–Trinajstić information content (AvgIpc) is 3.12. The number of nitrogens with zero attached hydrogens (tertiary/aromatic N) is 3. The van der Waals surface area contributed by atoms with Crippen molar-refractivity contribution in [2.24, 2.45) is 0 Å². The number of anilines is 1. The van der Waals surface area contributed by atoms with Crippen LogP contribution in [0.5, 0.6) is 0 Å². The van der Waals surface area contributed by atoms with Crippen molar-refractivity contribution in [3.05, 3.63) is 29.0 Å². The quantitative estimate of drug-likeness (QED) is 0.570. The lowest BCUT2D eigenvalue weighted by atomic mass is 10.3. The normalized spacial score (nSPS) is 11.0. The first-order valence-corrected chi connectivity index (χ1v) is 8.35. The molecule has 5 nitrogen and oxygen atoms in total. The minimum atomic E-state index is -1.58. The van der Waals surface area contributed by atoms with Crippen molar-refractivity contribution in [1.29, 1.82) is 0 Å². The van der Waals surface area contributed by atoms with E-state index in [1.807, 2.05) is 0 Å². The van der Waals surface area contributed by atoms with Gasteiger partial charge in [0.05, 0.1) is 10.5 Å². The van der Waals surface area contributed by atoms with Crippen LogP contribution in [-0.2, 0) is 4.79 Å². The zero-order valence-electron chi connectivity index (χ0n) is 10.5. The second-order valence-electron chi connectivity index (χ2n) is 3.89. The monoisotopic (exact) mass is 362 g/mol. The summed E-state index contributed by atoms with van der Waals surface area (Å²) in [5, 5.41) is 9.92. The van der Waals surface area contributed by atoms with E-state index >= 15 is 0 Å². The molecule has 0 saturated carbocycles. The van der Waals surface area contributed by atoms with Crippen LogP contribution in [0, 0.1) is 17.5 Å². The zero-order valence-corrected chi connectivity index (χ0v) is 12.9. The maximum Gasteiger partial charge on any atom is 0.236 e. The fraction of sp³-hybridized carbons (Fsp3) is 0.0909. The van der Waals surface area contributed by atoms with Crippen LogP contribution >= 0.6 is 34.4 Å². The Morgan fingerprint density at radius 3 is 2.86 bits per heavy atom. The fourth-order valence-electron chi connectivity index (χ4n) is 1.54. The van der Waals surface area contributed by atoms with Crippen molar-refractivity contribution in [3.8, 4) is 0 Å². The van der Waals surface area contributed by atoms with Crippen molar-refractivity contribution >= 4 is 55.7 Å². The predicted octanol–water partition coefficient (Wildman–Crippen LogP) is 3.30. The summed E-state index contributed by atoms with van der Waals surface area (Å²) in [7, 11) is 0. The van der Waals surface area contributed by atoms with E-state index in [9.17, 15) is 18.0 Å². The third kappa shape index (κ3) is 3.05. The van der Waals surface area contributed by atoms with Gasteiger partial charge in [0, 0.05) is 0 Å². The molecule has 0 fully saturated rings. The van der Waals surface area contributed by atoms with Crippen LogP contribution in [0.15, 0.2) is 15.9 Å². The summed E-state index contributed by atoms with van der Waals surface area (Å²) in [5.41, 5.74) is 1.23. The van der Waals surface area contributed by atoms with Crippen LogP contribution in [0.1, 0.15) is 0 Å². The Morgan fingerprint density at radius 1 is 1.32 bits per heavy atom. The molecule has 0 aliphatic heterocycles. The number of thiazole rings is 1. The average molecular weight is 362 g/mol. The van der Waals surface area contributed by atoms with Gasteiger partial charge in [0.25, 0.3) is 0 Å². The van der Waals surface area contributed by atoms with Gasteiger partial charge in [0.1, 0.15) is 11.0 Å². The van der Waals surface area contributed by atoms with Crippen molar-refractivity contribution in [2.75, 3.05) is 11.1 Å². The van der Waals surface area contributed by atoms with Gasteiger partial charge >= 0.3 is 0 Å². The number of carbonyl (C=O) groups is 1. The molecule has 0 radical (unpaired) electrons. The summed E-state index contributed by atoms with van der Waals surface area (Å²) in [6, 6.07) is 0.844. The lowest BCUT2D eigenvalue weighted by Gasteiger charge is -1.98. The minimum Gasteiger partial charge on any atom is -0.301 e. The fourth-order valence-corrected chi connectivity index (χ4v) is 3.73. The molecule has 1 amide bonds. The number of nitrogens with one attached hydrogen (secondary N) is 1. The van der Waals surface area contributed by atoms with Crippen molar-refractivity contribution in [3.63, 3.8) is 0 Å². The van der Waals surface area contributed by atoms with Crippen molar-refractivity contribution in [1.82, 2.24) is 15.2 Å². The number of amides is 1. The molecule has 0 unspecified atom stereocenters. The molecule has 0 bridgehead atoms. The van der Waals surface area contributed by atoms with Gasteiger partial charge in [-0.2, -0.15) is 0 Å². The second-order valence-corrected chi connectivity index (χ2v) is 6.98. The van der Waals surface area contributed by atoms with Gasteiger partial charge in [-0.15, -0.1) is 10.2 Å². The maximum atomic E-state index is 13.5. The van der Waals surface area contributed by atoms with Crippen LogP contribution in [0.4, 0.5) is 18.3 Å². The number of fused-ring (bicyclic) bond motifs is 1. The molecule has 1 N–H and O–H groups in total. The molecule has 11 heteroatoms. The standard InChI is InChI=1S/C11H5F3N4OS3/c12-4-1-5-9(8(14)7(4)13)17-10(22-5)16-6(19)2-20-11-18-15-3-21-11/h1,3H,2H2,(H,16,17,19). The van der Waals surface area contributed by atoms with E-state index in [1.165, 1.54) is 23.1 Å². The number of halogens is 3. The number of aromatic nitrogens is 3. The molecule has 0 atom stereocenters. The SMILES string of the molecule is O=C(CSc1nncs1)Nc1nc2c(F)c(F)c(F)cc2s1. The van der Waals surface area contributed by atoms with Gasteiger partial charge in [0.2, 0.25) is 5.91 Å². The molecular formula is C11H5F3N4OS3. The van der Waals surface area contributed by atoms with Crippen LogP contribution in [0.3, 0.4) is 0 Å². The Hall–Kier alpha value is -1.72. The lowest BCUT2D eigenvalue weighted by Crippen LogP contribution is -2.13. The Kier molecular flexibility index (Phi) is 4.27. The highest BCUT2D eigenvalue weighted by molar-refractivity contribution is 8.01. The van der Waals surface area contributed by atoms with Gasteiger partial charge in [0.15, 0.2) is 26.9 Å². The van der Waals surface area contributed by atoms with Crippen LogP contribution in [-0.4, -0.2) is 26.8 Å². The Bertz CT molecular complexity index is 837. The lowest BCUT2D eigenvalue weighted by molar-refractivity contribution is -0.113. The molecule has 0 spiro atoms. The van der Waals surface area contributed by atoms with Gasteiger partial charge in [-0.1, -0.05) is 34.4 Å². The molecule has 0 aliphatic rings. The van der Waals surface area contributed by atoms with Crippen LogP contribution in [0.2, 0.25) is 0 Å². The summed E-state index contributed by atoms with van der Waals surface area (Å²) < 4.78 is 40.5. The van der Waals surface area contributed by atoms with Crippen LogP contribution < -0.4 is 5.32 Å². The number of benzene rings is 1. The predicted molar refractivity (Wildman–Crippen MR) is 78.8 cm³/mol. The van der Waals surface area contributed by atoms with E-state index in [1.54, 1.807) is 5.51 Å². The summed E-state index contributed by atoms with van der Waals surface area (Å²) in [6.07, 6.45) is 0. The Labute approximate surface area is 133 Å². The largest absolute Gasteiger partial charge is 0.301 e. The summed E-state index contributed by atoms with van der Waals surface area (Å²) in [4.78, 5) is 15.5. The minimum absolute atomic E-state index is 0.0658. The number of hydrogen-bond acceptors (Lipinski definition) is 7. The van der Waals surface area contributed by atoms with Crippen molar-refractivity contribution in [2.45, 2.75) is 4.34 Å². The van der Waals surface area contributed by atoms with E-state index < -0.39 is 17.5 Å². The molecule has 3 aromatic rings. The maximum absolute atomic E-state index is 13.5. The second kappa shape index (κ2) is 6.18. The smallest absolute Gasteiger partial charge is 0.236 e. The first-order valence-electron chi connectivity index (χ1n) is 5.67. The third-order valence-corrected chi connectivity index (χ3v) is 5.21. The number of carbonyl (C=O) groups excluding carboxylic acids is 1. The van der Waals surface area contributed by atoms with Crippen LogP contribution in [0.25, 0.3) is 10.2 Å². The van der Waals surface area contributed by atoms with Gasteiger partial charge in [-0.05, 0) is 6.07 Å². The Morgan fingerprint density at radius 2 is 2.14 bits per heavy atom. The molecule has 2 aromatic heterocycles. The highest BCUT2D eigenvalue weighted by Crippen LogP contribution is 2.30. The highest BCUT2D eigenvalue weighted by Gasteiger charge is 2.18. The van der Waals surface area contributed by atoms with E-state index in [4.69, 9.17) is 0 Å². The summed E-state index contributed by atoms with van der Waals surface area (Å²) in [6.45, 7) is 0. The molecule has 0 saturated heterocycles. The molecule has 1 aromatic carbocycles. The zero-order chi connectivity index (χ0) is 15.7. The number of thioether (sulfide) groups is 1.